The summed E-state index contributed by atoms with van der Waals surface area (Å²) in [6, 6.07) is 12.9. The van der Waals surface area contributed by atoms with Crippen LogP contribution in [0.15, 0.2) is 54.6 Å². The van der Waals surface area contributed by atoms with E-state index in [-0.39, 0.29) is 16.1 Å². The monoisotopic (exact) mass is 292 g/mol. The number of nitro groups is 2. The number of benzene rings is 2. The van der Waals surface area contributed by atoms with E-state index in [2.05, 4.69) is 0 Å². The van der Waals surface area contributed by atoms with Crippen LogP contribution in [-0.2, 0) is 5.66 Å². The van der Waals surface area contributed by atoms with E-state index in [4.69, 9.17) is 11.6 Å². The third-order valence-corrected chi connectivity index (χ3v) is 3.17. The van der Waals surface area contributed by atoms with E-state index >= 15 is 0 Å². The van der Waals surface area contributed by atoms with Gasteiger partial charge in [-0.25, -0.2) is 0 Å². The van der Waals surface area contributed by atoms with E-state index in [1.165, 1.54) is 48.5 Å². The molecular formula is C13H9ClN2O4. The lowest BCUT2D eigenvalue weighted by molar-refractivity contribution is -0.796. The van der Waals surface area contributed by atoms with Gasteiger partial charge in [0.15, 0.2) is 0 Å². The number of nitrogens with zero attached hydrogens (tertiary/aromatic N) is 2. The van der Waals surface area contributed by atoms with Gasteiger partial charge in [0.25, 0.3) is 0 Å². The Morgan fingerprint density at radius 3 is 1.90 bits per heavy atom. The molecule has 0 aliphatic heterocycles. The van der Waals surface area contributed by atoms with Crippen LogP contribution in [0.2, 0.25) is 5.02 Å². The average molecular weight is 293 g/mol. The average Bonchev–Trinajstić information content (AvgIpc) is 2.40. The molecule has 2 rings (SSSR count). The van der Waals surface area contributed by atoms with E-state index < -0.39 is 15.5 Å². The molecule has 0 spiro atoms. The number of hydrogen-bond acceptors (Lipinski definition) is 4. The highest BCUT2D eigenvalue weighted by molar-refractivity contribution is 6.30. The Kier molecular flexibility index (Phi) is 3.67. The predicted octanol–water partition coefficient (Wildman–Crippen LogP) is 3.09. The predicted molar refractivity (Wildman–Crippen MR) is 72.7 cm³/mol. The van der Waals surface area contributed by atoms with Crippen LogP contribution < -0.4 is 0 Å². The maximum absolute atomic E-state index is 11.5. The Labute approximate surface area is 118 Å². The van der Waals surface area contributed by atoms with E-state index in [1.54, 1.807) is 6.07 Å². The van der Waals surface area contributed by atoms with Gasteiger partial charge in [-0.1, -0.05) is 35.9 Å². The van der Waals surface area contributed by atoms with Crippen molar-refractivity contribution in [2.75, 3.05) is 0 Å². The molecule has 6 nitrogen and oxygen atoms in total. The molecule has 20 heavy (non-hydrogen) atoms. The first kappa shape index (κ1) is 14.0. The van der Waals surface area contributed by atoms with Crippen LogP contribution in [-0.4, -0.2) is 9.85 Å². The molecule has 0 saturated heterocycles. The Morgan fingerprint density at radius 2 is 1.40 bits per heavy atom. The maximum Gasteiger partial charge on any atom is 0.510 e. The molecule has 0 atom stereocenters. The Morgan fingerprint density at radius 1 is 0.850 bits per heavy atom. The topological polar surface area (TPSA) is 86.3 Å². The third kappa shape index (κ3) is 2.10. The number of rotatable bonds is 4. The minimum absolute atomic E-state index is 0.0303. The quantitative estimate of drug-likeness (QED) is 0.492. The molecule has 2 aromatic rings. The lowest BCUT2D eigenvalue weighted by atomic mass is 9.92. The SMILES string of the molecule is O=[N+]([O-])C(c1ccccc1)(c1cccc(Cl)c1)[N+](=O)[O-]. The molecule has 0 N–H and O–H groups in total. The molecule has 0 aliphatic carbocycles. The van der Waals surface area contributed by atoms with Crippen LogP contribution in [0.1, 0.15) is 11.1 Å². The van der Waals surface area contributed by atoms with Crippen molar-refractivity contribution in [1.82, 2.24) is 0 Å². The lowest BCUT2D eigenvalue weighted by Crippen LogP contribution is -2.44. The Bertz CT molecular complexity index is 646. The van der Waals surface area contributed by atoms with Gasteiger partial charge in [-0.3, -0.25) is 20.2 Å². The summed E-state index contributed by atoms with van der Waals surface area (Å²) in [5.74, 6) is 0. The van der Waals surface area contributed by atoms with Gasteiger partial charge in [0, 0.05) is 5.02 Å². The van der Waals surface area contributed by atoms with Crippen LogP contribution in [0, 0.1) is 20.2 Å². The van der Waals surface area contributed by atoms with Crippen molar-refractivity contribution in [3.63, 3.8) is 0 Å². The third-order valence-electron chi connectivity index (χ3n) is 2.93. The first-order chi connectivity index (χ1) is 9.49. The van der Waals surface area contributed by atoms with E-state index in [1.807, 2.05) is 0 Å². The normalized spacial score (nSPS) is 11.1. The zero-order valence-corrected chi connectivity index (χ0v) is 10.9. The number of halogens is 1. The zero-order chi connectivity index (χ0) is 14.8. The smallest absolute Gasteiger partial charge is 0.258 e. The Hall–Kier alpha value is -2.47. The van der Waals surface area contributed by atoms with Crippen molar-refractivity contribution in [3.8, 4) is 0 Å². The molecule has 0 aromatic heterocycles. The lowest BCUT2D eigenvalue weighted by Gasteiger charge is -2.17. The molecule has 2 aromatic carbocycles. The summed E-state index contributed by atoms with van der Waals surface area (Å²) in [4.78, 5) is 21.2. The fourth-order valence-electron chi connectivity index (χ4n) is 2.03. The van der Waals surface area contributed by atoms with Crippen molar-refractivity contribution < 1.29 is 9.85 Å². The molecule has 7 heteroatoms. The molecule has 0 radical (unpaired) electrons. The van der Waals surface area contributed by atoms with Crippen LogP contribution in [0.25, 0.3) is 0 Å². The summed E-state index contributed by atoms with van der Waals surface area (Å²) in [6.45, 7) is 0. The van der Waals surface area contributed by atoms with Gasteiger partial charge in [-0.05, 0) is 30.3 Å². The fraction of sp³-hybridized carbons (Fsp3) is 0.0769. The molecule has 0 heterocycles. The molecule has 0 bridgehead atoms. The molecule has 0 unspecified atom stereocenters. The highest BCUT2D eigenvalue weighted by Gasteiger charge is 2.60. The van der Waals surface area contributed by atoms with Crippen LogP contribution in [0.3, 0.4) is 0 Å². The van der Waals surface area contributed by atoms with Crippen LogP contribution in [0.4, 0.5) is 0 Å². The van der Waals surface area contributed by atoms with Gasteiger partial charge >= 0.3 is 5.66 Å². The zero-order valence-electron chi connectivity index (χ0n) is 10.1. The second kappa shape index (κ2) is 5.26. The van der Waals surface area contributed by atoms with Crippen molar-refractivity contribution in [3.05, 3.63) is 91.0 Å². The molecule has 0 fully saturated rings. The minimum atomic E-state index is -2.56. The van der Waals surface area contributed by atoms with Gasteiger partial charge < -0.3 is 0 Å². The van der Waals surface area contributed by atoms with E-state index in [0.29, 0.717) is 0 Å². The summed E-state index contributed by atoms with van der Waals surface area (Å²) in [7, 11) is 0. The van der Waals surface area contributed by atoms with Crippen molar-refractivity contribution >= 4 is 11.6 Å². The Balaban J connectivity index is 2.79. The van der Waals surface area contributed by atoms with Crippen molar-refractivity contribution in [1.29, 1.82) is 0 Å². The molecule has 102 valence electrons. The molecule has 0 amide bonds. The molecule has 0 aliphatic rings. The summed E-state index contributed by atoms with van der Waals surface area (Å²) < 4.78 is 0. The highest BCUT2D eigenvalue weighted by atomic mass is 35.5. The summed E-state index contributed by atoms with van der Waals surface area (Å²) in [5, 5.41) is 23.2. The van der Waals surface area contributed by atoms with Gasteiger partial charge in [-0.15, -0.1) is 0 Å². The summed E-state index contributed by atoms with van der Waals surface area (Å²) >= 11 is 5.80. The van der Waals surface area contributed by atoms with Gasteiger partial charge in [0.2, 0.25) is 0 Å². The summed E-state index contributed by atoms with van der Waals surface area (Å²) in [6.07, 6.45) is 0. The van der Waals surface area contributed by atoms with Gasteiger partial charge in [-0.2, -0.15) is 0 Å². The first-order valence-corrected chi connectivity index (χ1v) is 5.98. The second-order valence-corrected chi connectivity index (χ2v) is 4.50. The number of hydrogen-bond donors (Lipinski definition) is 0. The maximum atomic E-state index is 11.5. The standard InChI is InChI=1S/C13H9ClN2O4/c14-12-8-4-7-11(9-12)13(15(17)18,16(19)20)10-5-2-1-3-6-10/h1-9H. The summed E-state index contributed by atoms with van der Waals surface area (Å²) in [5.41, 5.74) is -2.69. The largest absolute Gasteiger partial charge is 0.510 e. The first-order valence-electron chi connectivity index (χ1n) is 5.60. The van der Waals surface area contributed by atoms with Gasteiger partial charge in [0.05, 0.1) is 0 Å². The minimum Gasteiger partial charge on any atom is -0.258 e. The van der Waals surface area contributed by atoms with Crippen molar-refractivity contribution in [2.45, 2.75) is 5.66 Å². The van der Waals surface area contributed by atoms with Gasteiger partial charge in [0.1, 0.15) is 21.0 Å². The van der Waals surface area contributed by atoms with Crippen molar-refractivity contribution in [2.24, 2.45) is 0 Å². The molecular weight excluding hydrogens is 284 g/mol. The van der Waals surface area contributed by atoms with Crippen LogP contribution >= 0.6 is 11.6 Å². The highest BCUT2D eigenvalue weighted by Crippen LogP contribution is 2.34. The van der Waals surface area contributed by atoms with E-state index in [0.717, 1.165) is 0 Å². The second-order valence-electron chi connectivity index (χ2n) is 4.06. The fourth-order valence-corrected chi connectivity index (χ4v) is 2.22. The van der Waals surface area contributed by atoms with Crippen LogP contribution in [0.5, 0.6) is 0 Å². The molecule has 0 saturated carbocycles. The van der Waals surface area contributed by atoms with E-state index in [9.17, 15) is 20.2 Å².